The minimum absolute atomic E-state index is 0.232. The normalized spacial score (nSPS) is 21.1. The molecule has 1 unspecified atom stereocenters. The van der Waals surface area contributed by atoms with Crippen LogP contribution in [0.1, 0.15) is 19.4 Å². The van der Waals surface area contributed by atoms with Crippen molar-refractivity contribution in [3.63, 3.8) is 0 Å². The van der Waals surface area contributed by atoms with Gasteiger partial charge in [0.25, 0.3) is 0 Å². The largest absolute Gasteiger partial charge is 0.479 e. The molecule has 78 valence electrons. The van der Waals surface area contributed by atoms with E-state index < -0.39 is 0 Å². The summed E-state index contributed by atoms with van der Waals surface area (Å²) in [7, 11) is 0. The van der Waals surface area contributed by atoms with Crippen LogP contribution in [0.3, 0.4) is 0 Å². The molecule has 0 radical (unpaired) electrons. The van der Waals surface area contributed by atoms with Crippen LogP contribution in [-0.4, -0.2) is 23.2 Å². The van der Waals surface area contributed by atoms with Gasteiger partial charge < -0.3 is 4.74 Å². The molecule has 0 spiro atoms. The van der Waals surface area contributed by atoms with Gasteiger partial charge >= 0.3 is 0 Å². The van der Waals surface area contributed by atoms with E-state index in [0.717, 1.165) is 11.3 Å². The Hall–Kier alpha value is -1.71. The van der Waals surface area contributed by atoms with Crippen molar-refractivity contribution in [2.45, 2.75) is 13.8 Å². The quantitative estimate of drug-likeness (QED) is 0.699. The topological polar surface area (TPSA) is 46.8 Å². The molecule has 0 bridgehead atoms. The number of hydrogen-bond donors (Lipinski definition) is 0. The van der Waals surface area contributed by atoms with Crippen molar-refractivity contribution in [1.82, 2.24) is 4.98 Å². The highest BCUT2D eigenvalue weighted by Crippen LogP contribution is 2.12. The SMILES string of the molecule is CC1=NN=C(c2cccnc2)C(C)CO1. The summed E-state index contributed by atoms with van der Waals surface area (Å²) in [6.45, 7) is 4.49. The van der Waals surface area contributed by atoms with Crippen molar-refractivity contribution in [3.8, 4) is 0 Å². The summed E-state index contributed by atoms with van der Waals surface area (Å²) in [4.78, 5) is 4.07. The highest BCUT2D eigenvalue weighted by Gasteiger charge is 2.16. The van der Waals surface area contributed by atoms with Gasteiger partial charge in [0.1, 0.15) is 0 Å². The molecule has 1 aromatic rings. The number of aromatic nitrogens is 1. The van der Waals surface area contributed by atoms with Gasteiger partial charge in [0.05, 0.1) is 12.3 Å². The monoisotopic (exact) mass is 203 g/mol. The fourth-order valence-corrected chi connectivity index (χ4v) is 1.43. The molecule has 4 heteroatoms. The molecule has 4 nitrogen and oxygen atoms in total. The Bertz CT molecular complexity index is 398. The lowest BCUT2D eigenvalue weighted by Crippen LogP contribution is -2.17. The molecule has 0 amide bonds. The zero-order valence-corrected chi connectivity index (χ0v) is 8.84. The Kier molecular flexibility index (Phi) is 2.76. The second kappa shape index (κ2) is 4.21. The maximum Gasteiger partial charge on any atom is 0.205 e. The summed E-state index contributed by atoms with van der Waals surface area (Å²) in [5, 5.41) is 8.18. The van der Waals surface area contributed by atoms with E-state index in [4.69, 9.17) is 4.74 Å². The lowest BCUT2D eigenvalue weighted by molar-refractivity contribution is 0.281. The van der Waals surface area contributed by atoms with Crippen LogP contribution in [0.2, 0.25) is 0 Å². The van der Waals surface area contributed by atoms with Crippen molar-refractivity contribution >= 4 is 11.6 Å². The summed E-state index contributed by atoms with van der Waals surface area (Å²) in [5.74, 6) is 0.844. The van der Waals surface area contributed by atoms with Gasteiger partial charge in [-0.05, 0) is 12.1 Å². The molecule has 0 fully saturated rings. The molecule has 1 aliphatic rings. The zero-order chi connectivity index (χ0) is 10.7. The van der Waals surface area contributed by atoms with E-state index >= 15 is 0 Å². The predicted octanol–water partition coefficient (Wildman–Crippen LogP) is 1.87. The first-order valence-corrected chi connectivity index (χ1v) is 4.92. The fourth-order valence-electron chi connectivity index (χ4n) is 1.43. The van der Waals surface area contributed by atoms with Crippen LogP contribution in [0.15, 0.2) is 34.7 Å². The van der Waals surface area contributed by atoms with Crippen LogP contribution < -0.4 is 0 Å². The molecule has 0 saturated heterocycles. The summed E-state index contributed by atoms with van der Waals surface area (Å²) >= 11 is 0. The fraction of sp³-hybridized carbons (Fsp3) is 0.364. The van der Waals surface area contributed by atoms with Crippen LogP contribution in [0.5, 0.6) is 0 Å². The Labute approximate surface area is 88.7 Å². The molecule has 1 atom stereocenters. The number of ether oxygens (including phenoxy) is 1. The molecule has 15 heavy (non-hydrogen) atoms. The van der Waals surface area contributed by atoms with E-state index in [1.807, 2.05) is 19.1 Å². The van der Waals surface area contributed by atoms with Crippen LogP contribution in [-0.2, 0) is 4.74 Å². The molecule has 2 rings (SSSR count). The van der Waals surface area contributed by atoms with E-state index in [1.165, 1.54) is 0 Å². The first kappa shape index (κ1) is 9.83. The van der Waals surface area contributed by atoms with E-state index in [2.05, 4.69) is 22.1 Å². The second-order valence-corrected chi connectivity index (χ2v) is 3.56. The lowest BCUT2D eigenvalue weighted by Gasteiger charge is -2.10. The van der Waals surface area contributed by atoms with Crippen molar-refractivity contribution in [2.75, 3.05) is 6.61 Å². The average molecular weight is 203 g/mol. The van der Waals surface area contributed by atoms with Crippen LogP contribution in [0.25, 0.3) is 0 Å². The summed E-state index contributed by atoms with van der Waals surface area (Å²) in [6.07, 6.45) is 3.54. The minimum atomic E-state index is 0.232. The smallest absolute Gasteiger partial charge is 0.205 e. The van der Waals surface area contributed by atoms with Crippen molar-refractivity contribution in [1.29, 1.82) is 0 Å². The molecule has 0 saturated carbocycles. The highest BCUT2D eigenvalue weighted by molar-refractivity contribution is 6.02. The van der Waals surface area contributed by atoms with Gasteiger partial charge in [-0.1, -0.05) is 6.92 Å². The van der Waals surface area contributed by atoms with Gasteiger partial charge in [-0.2, -0.15) is 5.10 Å². The molecule has 0 aromatic carbocycles. The Morgan fingerprint density at radius 2 is 2.27 bits per heavy atom. The van der Waals surface area contributed by atoms with Crippen molar-refractivity contribution in [3.05, 3.63) is 30.1 Å². The first-order valence-electron chi connectivity index (χ1n) is 4.92. The summed E-state index contributed by atoms with van der Waals surface area (Å²) in [6, 6.07) is 3.88. The van der Waals surface area contributed by atoms with E-state index in [1.54, 1.807) is 12.4 Å². The van der Waals surface area contributed by atoms with Crippen LogP contribution in [0.4, 0.5) is 0 Å². The first-order chi connectivity index (χ1) is 7.27. The van der Waals surface area contributed by atoms with Gasteiger partial charge in [-0.15, -0.1) is 5.10 Å². The third kappa shape index (κ3) is 2.21. The van der Waals surface area contributed by atoms with Gasteiger partial charge in [0.2, 0.25) is 5.90 Å². The predicted molar refractivity (Wildman–Crippen MR) is 59.0 cm³/mol. The van der Waals surface area contributed by atoms with E-state index in [-0.39, 0.29) is 5.92 Å². The number of hydrogen-bond acceptors (Lipinski definition) is 4. The zero-order valence-electron chi connectivity index (χ0n) is 8.84. The Balaban J connectivity index is 2.34. The van der Waals surface area contributed by atoms with Gasteiger partial charge in [-0.3, -0.25) is 4.98 Å². The van der Waals surface area contributed by atoms with Gasteiger partial charge in [0, 0.05) is 30.8 Å². The molecule has 0 N–H and O–H groups in total. The molecule has 1 aliphatic heterocycles. The number of nitrogens with zero attached hydrogens (tertiary/aromatic N) is 3. The van der Waals surface area contributed by atoms with Crippen LogP contribution in [0, 0.1) is 5.92 Å². The molecule has 1 aromatic heterocycles. The second-order valence-electron chi connectivity index (χ2n) is 3.56. The molecule has 2 heterocycles. The standard InChI is InChI=1S/C11H13N3O/c1-8-7-15-9(2)13-14-11(8)10-4-3-5-12-6-10/h3-6,8H,7H2,1-2H3. The summed E-state index contributed by atoms with van der Waals surface area (Å²) in [5.41, 5.74) is 1.94. The van der Waals surface area contributed by atoms with Crippen LogP contribution >= 0.6 is 0 Å². The highest BCUT2D eigenvalue weighted by atomic mass is 16.5. The maximum absolute atomic E-state index is 5.38. The van der Waals surface area contributed by atoms with Gasteiger partial charge in [-0.25, -0.2) is 0 Å². The number of pyridine rings is 1. The molecule has 0 aliphatic carbocycles. The Morgan fingerprint density at radius 1 is 1.40 bits per heavy atom. The van der Waals surface area contributed by atoms with E-state index in [0.29, 0.717) is 12.5 Å². The number of rotatable bonds is 1. The molecular formula is C11H13N3O. The summed E-state index contributed by atoms with van der Waals surface area (Å²) < 4.78 is 5.38. The third-order valence-electron chi connectivity index (χ3n) is 2.26. The van der Waals surface area contributed by atoms with Crippen molar-refractivity contribution < 1.29 is 4.74 Å². The third-order valence-corrected chi connectivity index (χ3v) is 2.26. The maximum atomic E-state index is 5.38. The van der Waals surface area contributed by atoms with Gasteiger partial charge in [0.15, 0.2) is 0 Å². The Morgan fingerprint density at radius 3 is 3.00 bits per heavy atom. The molecular weight excluding hydrogens is 190 g/mol. The average Bonchev–Trinajstić information content (AvgIpc) is 2.43. The lowest BCUT2D eigenvalue weighted by atomic mass is 10.0. The minimum Gasteiger partial charge on any atom is -0.479 e. The van der Waals surface area contributed by atoms with Crippen molar-refractivity contribution in [2.24, 2.45) is 16.1 Å². The van der Waals surface area contributed by atoms with E-state index in [9.17, 15) is 0 Å².